The molecule has 2 unspecified atom stereocenters. The standard InChI is InChI=1S/C17H23N/c1-4-7-12-13-8-5-6-9-15(13)18-16-11-17(2,3)10-14(12)16/h5-9,14,16,18H,4,10-11H2,1-3H3/b12-7+. The lowest BCUT2D eigenvalue weighted by Gasteiger charge is -2.32. The molecule has 1 heteroatoms. The summed E-state index contributed by atoms with van der Waals surface area (Å²) in [7, 11) is 0. The third-order valence-electron chi connectivity index (χ3n) is 4.43. The Kier molecular flexibility index (Phi) is 2.73. The van der Waals surface area contributed by atoms with Gasteiger partial charge in [-0.1, -0.05) is 45.0 Å². The summed E-state index contributed by atoms with van der Waals surface area (Å²) >= 11 is 0. The second-order valence-corrected chi connectivity index (χ2v) is 6.54. The summed E-state index contributed by atoms with van der Waals surface area (Å²) in [4.78, 5) is 0. The number of allylic oxidation sites excluding steroid dienone is 1. The van der Waals surface area contributed by atoms with E-state index in [2.05, 4.69) is 56.4 Å². The smallest absolute Gasteiger partial charge is 0.0418 e. The van der Waals surface area contributed by atoms with Crippen molar-refractivity contribution in [3.63, 3.8) is 0 Å². The maximum Gasteiger partial charge on any atom is 0.0418 e. The third-order valence-corrected chi connectivity index (χ3v) is 4.43. The average Bonchev–Trinajstić information content (AvgIpc) is 2.63. The Morgan fingerprint density at radius 3 is 2.83 bits per heavy atom. The van der Waals surface area contributed by atoms with Gasteiger partial charge in [0.1, 0.15) is 0 Å². The van der Waals surface area contributed by atoms with Crippen LogP contribution >= 0.6 is 0 Å². The monoisotopic (exact) mass is 241 g/mol. The predicted octanol–water partition coefficient (Wildman–Crippen LogP) is 4.71. The summed E-state index contributed by atoms with van der Waals surface area (Å²) < 4.78 is 0. The molecule has 3 rings (SSSR count). The van der Waals surface area contributed by atoms with Crippen LogP contribution in [-0.4, -0.2) is 6.04 Å². The van der Waals surface area contributed by atoms with Crippen LogP contribution in [0.3, 0.4) is 0 Å². The maximum absolute atomic E-state index is 3.76. The van der Waals surface area contributed by atoms with Crippen LogP contribution in [0.4, 0.5) is 5.69 Å². The Morgan fingerprint density at radius 2 is 2.06 bits per heavy atom. The number of para-hydroxylation sites is 1. The van der Waals surface area contributed by atoms with Gasteiger partial charge in [0.25, 0.3) is 0 Å². The van der Waals surface area contributed by atoms with Crippen LogP contribution in [-0.2, 0) is 0 Å². The van der Waals surface area contributed by atoms with Crippen LogP contribution in [0, 0.1) is 11.3 Å². The van der Waals surface area contributed by atoms with E-state index in [4.69, 9.17) is 0 Å². The first-order chi connectivity index (χ1) is 8.61. The van der Waals surface area contributed by atoms with Gasteiger partial charge in [0.15, 0.2) is 0 Å². The number of hydrogen-bond donors (Lipinski definition) is 1. The number of hydrogen-bond acceptors (Lipinski definition) is 1. The molecule has 0 amide bonds. The highest BCUT2D eigenvalue weighted by Crippen LogP contribution is 2.51. The van der Waals surface area contributed by atoms with Gasteiger partial charge in [-0.15, -0.1) is 0 Å². The zero-order chi connectivity index (χ0) is 12.8. The fourth-order valence-electron chi connectivity index (χ4n) is 3.78. The molecule has 1 nitrogen and oxygen atoms in total. The van der Waals surface area contributed by atoms with Gasteiger partial charge in [-0.05, 0) is 36.3 Å². The molecule has 0 radical (unpaired) electrons. The fourth-order valence-corrected chi connectivity index (χ4v) is 3.78. The molecule has 0 bridgehead atoms. The summed E-state index contributed by atoms with van der Waals surface area (Å²) in [5, 5.41) is 3.76. The van der Waals surface area contributed by atoms with Gasteiger partial charge in [0.2, 0.25) is 0 Å². The zero-order valence-electron chi connectivity index (χ0n) is 11.7. The summed E-state index contributed by atoms with van der Waals surface area (Å²) in [5.74, 6) is 0.704. The van der Waals surface area contributed by atoms with Crippen molar-refractivity contribution in [1.29, 1.82) is 0 Å². The predicted molar refractivity (Wildman–Crippen MR) is 78.6 cm³/mol. The fraction of sp³-hybridized carbons (Fsp3) is 0.529. The molecule has 1 N–H and O–H groups in total. The number of anilines is 1. The molecule has 1 saturated carbocycles. The van der Waals surface area contributed by atoms with E-state index in [0.717, 1.165) is 6.42 Å². The van der Waals surface area contributed by atoms with E-state index in [1.807, 2.05) is 0 Å². The van der Waals surface area contributed by atoms with Crippen LogP contribution in [0.2, 0.25) is 0 Å². The van der Waals surface area contributed by atoms with Crippen molar-refractivity contribution in [2.24, 2.45) is 11.3 Å². The molecule has 1 aromatic rings. The molecular formula is C17H23N. The molecule has 2 aliphatic rings. The molecule has 1 aliphatic carbocycles. The van der Waals surface area contributed by atoms with Crippen molar-refractivity contribution in [1.82, 2.24) is 0 Å². The summed E-state index contributed by atoms with van der Waals surface area (Å²) in [6, 6.07) is 9.42. The number of rotatable bonds is 1. The quantitative estimate of drug-likeness (QED) is 0.750. The lowest BCUT2D eigenvalue weighted by atomic mass is 9.82. The highest BCUT2D eigenvalue weighted by molar-refractivity contribution is 5.81. The number of benzene rings is 1. The first kappa shape index (κ1) is 11.8. The van der Waals surface area contributed by atoms with Crippen LogP contribution < -0.4 is 5.32 Å². The Bertz CT molecular complexity index is 484. The second-order valence-electron chi connectivity index (χ2n) is 6.54. The summed E-state index contributed by atoms with van der Waals surface area (Å²) in [6.07, 6.45) is 6.17. The summed E-state index contributed by atoms with van der Waals surface area (Å²) in [5.41, 5.74) is 4.81. The highest BCUT2D eigenvalue weighted by atomic mass is 15.0. The van der Waals surface area contributed by atoms with E-state index >= 15 is 0 Å². The van der Waals surface area contributed by atoms with E-state index in [1.165, 1.54) is 24.1 Å². The lowest BCUT2D eigenvalue weighted by molar-refractivity contribution is 0.372. The summed E-state index contributed by atoms with van der Waals surface area (Å²) in [6.45, 7) is 7.05. The molecule has 0 aromatic heterocycles. The van der Waals surface area contributed by atoms with Gasteiger partial charge in [-0.2, -0.15) is 0 Å². The molecule has 0 spiro atoms. The van der Waals surface area contributed by atoms with Gasteiger partial charge < -0.3 is 5.32 Å². The minimum absolute atomic E-state index is 0.469. The third kappa shape index (κ3) is 1.86. The van der Waals surface area contributed by atoms with Gasteiger partial charge in [-0.3, -0.25) is 0 Å². The van der Waals surface area contributed by atoms with Gasteiger partial charge >= 0.3 is 0 Å². The van der Waals surface area contributed by atoms with Crippen molar-refractivity contribution >= 4 is 11.3 Å². The molecule has 1 fully saturated rings. The average molecular weight is 241 g/mol. The molecule has 1 aliphatic heterocycles. The normalized spacial score (nSPS) is 30.7. The molecule has 18 heavy (non-hydrogen) atoms. The molecule has 2 atom stereocenters. The van der Waals surface area contributed by atoms with Gasteiger partial charge in [0, 0.05) is 23.2 Å². The molecule has 1 heterocycles. The zero-order valence-corrected chi connectivity index (χ0v) is 11.7. The van der Waals surface area contributed by atoms with E-state index in [1.54, 1.807) is 5.57 Å². The van der Waals surface area contributed by atoms with E-state index in [-0.39, 0.29) is 0 Å². The Morgan fingerprint density at radius 1 is 1.28 bits per heavy atom. The van der Waals surface area contributed by atoms with Crippen molar-refractivity contribution in [3.05, 3.63) is 35.9 Å². The first-order valence-electron chi connectivity index (χ1n) is 7.17. The van der Waals surface area contributed by atoms with Crippen LogP contribution in [0.15, 0.2) is 30.3 Å². The minimum atomic E-state index is 0.469. The van der Waals surface area contributed by atoms with Crippen molar-refractivity contribution in [2.45, 2.75) is 46.1 Å². The Hall–Kier alpha value is -1.24. The molecule has 96 valence electrons. The minimum Gasteiger partial charge on any atom is -0.381 e. The molecule has 0 saturated heterocycles. The second kappa shape index (κ2) is 4.15. The first-order valence-corrected chi connectivity index (χ1v) is 7.17. The highest BCUT2D eigenvalue weighted by Gasteiger charge is 2.43. The Labute approximate surface area is 110 Å². The maximum atomic E-state index is 3.76. The van der Waals surface area contributed by atoms with Gasteiger partial charge in [0.05, 0.1) is 0 Å². The SMILES string of the molecule is CC/C=C1\c2ccccc2NC2CC(C)(C)CC12. The topological polar surface area (TPSA) is 12.0 Å². The molecule has 1 aromatic carbocycles. The number of nitrogens with one attached hydrogen (secondary N) is 1. The van der Waals surface area contributed by atoms with Crippen LogP contribution in [0.5, 0.6) is 0 Å². The largest absolute Gasteiger partial charge is 0.381 e. The van der Waals surface area contributed by atoms with E-state index in [0.29, 0.717) is 17.4 Å². The van der Waals surface area contributed by atoms with Crippen LogP contribution in [0.1, 0.15) is 45.6 Å². The van der Waals surface area contributed by atoms with Crippen molar-refractivity contribution in [2.75, 3.05) is 5.32 Å². The molecular weight excluding hydrogens is 218 g/mol. The van der Waals surface area contributed by atoms with Crippen molar-refractivity contribution < 1.29 is 0 Å². The van der Waals surface area contributed by atoms with E-state index in [9.17, 15) is 0 Å². The number of fused-ring (bicyclic) bond motifs is 2. The Balaban J connectivity index is 2.06. The van der Waals surface area contributed by atoms with E-state index < -0.39 is 0 Å². The lowest BCUT2D eigenvalue weighted by Crippen LogP contribution is -2.29. The van der Waals surface area contributed by atoms with Crippen molar-refractivity contribution in [3.8, 4) is 0 Å². The van der Waals surface area contributed by atoms with Crippen LogP contribution in [0.25, 0.3) is 5.57 Å². The van der Waals surface area contributed by atoms with Gasteiger partial charge in [-0.25, -0.2) is 0 Å².